The zero-order valence-electron chi connectivity index (χ0n) is 12.1. The lowest BCUT2D eigenvalue weighted by atomic mass is 10.1. The highest BCUT2D eigenvalue weighted by atomic mass is 16.5. The highest BCUT2D eigenvalue weighted by Gasteiger charge is 2.11. The number of nitrogens with zero attached hydrogens (tertiary/aromatic N) is 1. The molecule has 19 heavy (non-hydrogen) atoms. The molecule has 0 fully saturated rings. The molecule has 0 aliphatic carbocycles. The lowest BCUT2D eigenvalue weighted by molar-refractivity contribution is 0.125. The fourth-order valence-corrected chi connectivity index (χ4v) is 1.87. The lowest BCUT2D eigenvalue weighted by Gasteiger charge is -2.26. The summed E-state index contributed by atoms with van der Waals surface area (Å²) in [5, 5.41) is 0. The van der Waals surface area contributed by atoms with E-state index in [1.807, 2.05) is 12.1 Å². The summed E-state index contributed by atoms with van der Waals surface area (Å²) in [6.07, 6.45) is 0. The Morgan fingerprint density at radius 1 is 1.32 bits per heavy atom. The molecule has 0 spiro atoms. The van der Waals surface area contributed by atoms with Crippen LogP contribution in [0.4, 0.5) is 0 Å². The molecule has 0 radical (unpaired) electrons. The van der Waals surface area contributed by atoms with Gasteiger partial charge in [-0.2, -0.15) is 0 Å². The van der Waals surface area contributed by atoms with Crippen molar-refractivity contribution in [2.75, 3.05) is 26.8 Å². The summed E-state index contributed by atoms with van der Waals surface area (Å²) >= 11 is 0. The minimum absolute atomic E-state index is 0.395. The maximum atomic E-state index is 5.44. The number of methoxy groups -OCH3 is 1. The van der Waals surface area contributed by atoms with Gasteiger partial charge in [-0.05, 0) is 25.5 Å². The molecule has 1 rings (SSSR count). The van der Waals surface area contributed by atoms with Crippen LogP contribution in [0.15, 0.2) is 24.3 Å². The first-order valence-electron chi connectivity index (χ1n) is 6.68. The summed E-state index contributed by atoms with van der Waals surface area (Å²) in [7, 11) is 1.74. The average Bonchev–Trinajstić information content (AvgIpc) is 2.41. The second kappa shape index (κ2) is 8.71. The number of ether oxygens (including phenoxy) is 1. The quantitative estimate of drug-likeness (QED) is 0.793. The van der Waals surface area contributed by atoms with Crippen LogP contribution in [-0.2, 0) is 11.3 Å². The topological polar surface area (TPSA) is 38.5 Å². The zero-order valence-corrected chi connectivity index (χ0v) is 12.1. The predicted molar refractivity (Wildman–Crippen MR) is 79.8 cm³/mol. The van der Waals surface area contributed by atoms with Gasteiger partial charge >= 0.3 is 0 Å². The molecule has 1 aromatic carbocycles. The lowest BCUT2D eigenvalue weighted by Crippen LogP contribution is -2.33. The monoisotopic (exact) mass is 260 g/mol. The van der Waals surface area contributed by atoms with Crippen molar-refractivity contribution in [2.45, 2.75) is 26.4 Å². The van der Waals surface area contributed by atoms with Crippen LogP contribution in [0.5, 0.6) is 0 Å². The molecule has 0 aliphatic heterocycles. The third-order valence-electron chi connectivity index (χ3n) is 3.03. The molecule has 2 N–H and O–H groups in total. The molecule has 1 aromatic rings. The third kappa shape index (κ3) is 5.44. The fourth-order valence-electron chi connectivity index (χ4n) is 1.87. The van der Waals surface area contributed by atoms with Crippen LogP contribution in [0.25, 0.3) is 0 Å². The molecule has 0 aliphatic rings. The van der Waals surface area contributed by atoms with Crippen molar-refractivity contribution in [2.24, 2.45) is 5.73 Å². The Kier molecular flexibility index (Phi) is 7.20. The van der Waals surface area contributed by atoms with Crippen molar-refractivity contribution in [3.05, 3.63) is 35.4 Å². The zero-order chi connectivity index (χ0) is 14.1. The van der Waals surface area contributed by atoms with Crippen LogP contribution < -0.4 is 5.73 Å². The van der Waals surface area contributed by atoms with Gasteiger partial charge in [-0.1, -0.05) is 30.0 Å². The molecule has 0 amide bonds. The highest BCUT2D eigenvalue weighted by molar-refractivity contribution is 5.41. The number of benzene rings is 1. The second-order valence-electron chi connectivity index (χ2n) is 4.72. The number of hydrogen-bond acceptors (Lipinski definition) is 3. The molecule has 0 bridgehead atoms. The standard InChI is InChI=1S/C16H24N2O/c1-14(2)18(11-12-19-3)13-16-8-5-4-7-15(16)9-6-10-17/h4-5,7-8,14H,10-13,17H2,1-3H3. The third-order valence-corrected chi connectivity index (χ3v) is 3.03. The van der Waals surface area contributed by atoms with Crippen molar-refractivity contribution < 1.29 is 4.74 Å². The summed E-state index contributed by atoms with van der Waals surface area (Å²) in [5.41, 5.74) is 7.75. The minimum atomic E-state index is 0.395. The molecular formula is C16H24N2O. The van der Waals surface area contributed by atoms with Crippen molar-refractivity contribution in [3.63, 3.8) is 0 Å². The number of hydrogen-bond donors (Lipinski definition) is 1. The Hall–Kier alpha value is -1.34. The van der Waals surface area contributed by atoms with E-state index in [4.69, 9.17) is 10.5 Å². The van der Waals surface area contributed by atoms with Gasteiger partial charge in [0.25, 0.3) is 0 Å². The molecule has 0 saturated heterocycles. The van der Waals surface area contributed by atoms with Crippen LogP contribution >= 0.6 is 0 Å². The largest absolute Gasteiger partial charge is 0.383 e. The normalized spacial score (nSPS) is 10.6. The number of nitrogens with two attached hydrogens (primary N) is 1. The van der Waals surface area contributed by atoms with E-state index >= 15 is 0 Å². The summed E-state index contributed by atoms with van der Waals surface area (Å²) in [5.74, 6) is 6.07. The molecule has 3 heteroatoms. The van der Waals surface area contributed by atoms with E-state index in [1.54, 1.807) is 7.11 Å². The minimum Gasteiger partial charge on any atom is -0.383 e. The van der Waals surface area contributed by atoms with Gasteiger partial charge in [0, 0.05) is 31.8 Å². The van der Waals surface area contributed by atoms with Crippen LogP contribution in [0.3, 0.4) is 0 Å². The molecule has 0 aromatic heterocycles. The Morgan fingerprint density at radius 2 is 2.05 bits per heavy atom. The van der Waals surface area contributed by atoms with E-state index in [0.29, 0.717) is 12.6 Å². The van der Waals surface area contributed by atoms with Gasteiger partial charge in [0.15, 0.2) is 0 Å². The second-order valence-corrected chi connectivity index (χ2v) is 4.72. The van der Waals surface area contributed by atoms with Gasteiger partial charge in [-0.25, -0.2) is 0 Å². The van der Waals surface area contributed by atoms with Crippen LogP contribution in [0.1, 0.15) is 25.0 Å². The van der Waals surface area contributed by atoms with Gasteiger partial charge in [-0.3, -0.25) is 4.90 Å². The van der Waals surface area contributed by atoms with Crippen molar-refractivity contribution in [1.29, 1.82) is 0 Å². The van der Waals surface area contributed by atoms with E-state index < -0.39 is 0 Å². The molecule has 0 saturated carbocycles. The van der Waals surface area contributed by atoms with Crippen molar-refractivity contribution >= 4 is 0 Å². The van der Waals surface area contributed by atoms with Gasteiger partial charge < -0.3 is 10.5 Å². The van der Waals surface area contributed by atoms with Gasteiger partial charge in [-0.15, -0.1) is 0 Å². The summed E-state index contributed by atoms with van der Waals surface area (Å²) < 4.78 is 5.17. The Labute approximate surface area is 116 Å². The summed E-state index contributed by atoms with van der Waals surface area (Å²) in [4.78, 5) is 2.38. The molecule has 104 valence electrons. The fraction of sp³-hybridized carbons (Fsp3) is 0.500. The van der Waals surface area contributed by atoms with E-state index in [0.717, 1.165) is 25.3 Å². The summed E-state index contributed by atoms with van der Waals surface area (Å²) in [6, 6.07) is 8.72. The number of rotatable bonds is 6. The van der Waals surface area contributed by atoms with Crippen molar-refractivity contribution in [1.82, 2.24) is 4.90 Å². The predicted octanol–water partition coefficient (Wildman–Crippen LogP) is 1.85. The van der Waals surface area contributed by atoms with E-state index in [9.17, 15) is 0 Å². The van der Waals surface area contributed by atoms with Crippen molar-refractivity contribution in [3.8, 4) is 11.8 Å². The molecular weight excluding hydrogens is 236 g/mol. The maximum Gasteiger partial charge on any atom is 0.0589 e. The first-order chi connectivity index (χ1) is 9.19. The van der Waals surface area contributed by atoms with Crippen LogP contribution in [-0.4, -0.2) is 37.7 Å². The molecule has 0 heterocycles. The SMILES string of the molecule is COCCN(Cc1ccccc1C#CCN)C(C)C. The Bertz CT molecular complexity index is 432. The van der Waals surface area contributed by atoms with Gasteiger partial charge in [0.1, 0.15) is 0 Å². The van der Waals surface area contributed by atoms with Crippen LogP contribution in [0, 0.1) is 11.8 Å². The maximum absolute atomic E-state index is 5.44. The van der Waals surface area contributed by atoms with Crippen LogP contribution in [0.2, 0.25) is 0 Å². The molecule has 0 atom stereocenters. The van der Waals surface area contributed by atoms with E-state index in [-0.39, 0.29) is 0 Å². The highest BCUT2D eigenvalue weighted by Crippen LogP contribution is 2.12. The first kappa shape index (κ1) is 15.7. The van der Waals surface area contributed by atoms with Gasteiger partial charge in [0.2, 0.25) is 0 Å². The van der Waals surface area contributed by atoms with Gasteiger partial charge in [0.05, 0.1) is 13.2 Å². The smallest absolute Gasteiger partial charge is 0.0589 e. The Balaban J connectivity index is 2.83. The first-order valence-corrected chi connectivity index (χ1v) is 6.68. The summed E-state index contributed by atoms with van der Waals surface area (Å²) in [6.45, 7) is 7.34. The Morgan fingerprint density at radius 3 is 2.68 bits per heavy atom. The average molecular weight is 260 g/mol. The molecule has 0 unspecified atom stereocenters. The van der Waals surface area contributed by atoms with E-state index in [2.05, 4.69) is 42.7 Å². The molecule has 3 nitrogen and oxygen atoms in total. The van der Waals surface area contributed by atoms with E-state index in [1.165, 1.54) is 5.56 Å².